The third-order valence-electron chi connectivity index (χ3n) is 0.989. The lowest BCUT2D eigenvalue weighted by atomic mass is 10.3. The Morgan fingerprint density at radius 3 is 2.89 bits per heavy atom. The van der Waals surface area contributed by atoms with Gasteiger partial charge in [-0.3, -0.25) is 9.78 Å². The van der Waals surface area contributed by atoms with Crippen LogP contribution in [0.1, 0.15) is 5.56 Å². The standard InChI is InChI=1S/C6H5FNO/c1-4-2-3-5(9)8-6(4)7/h2H,1H3,(H,8,9). The summed E-state index contributed by atoms with van der Waals surface area (Å²) in [5, 5.41) is 0. The monoisotopic (exact) mass is 126 g/mol. The molecule has 0 saturated carbocycles. The molecule has 1 aromatic heterocycles. The third kappa shape index (κ3) is 1.16. The Morgan fingerprint density at radius 2 is 2.44 bits per heavy atom. The van der Waals surface area contributed by atoms with E-state index in [2.05, 4.69) is 6.07 Å². The SMILES string of the molecule is Cc1c[c]c(=O)[nH]c1F. The first-order valence-electron chi connectivity index (χ1n) is 2.47. The summed E-state index contributed by atoms with van der Waals surface area (Å²) in [5.74, 6) is -0.584. The summed E-state index contributed by atoms with van der Waals surface area (Å²) in [7, 11) is 0. The molecule has 3 heteroatoms. The van der Waals surface area contributed by atoms with Crippen LogP contribution in [0.25, 0.3) is 0 Å². The maximum atomic E-state index is 12.3. The predicted molar refractivity (Wildman–Crippen MR) is 30.6 cm³/mol. The average Bonchev–Trinajstić information content (AvgIpc) is 1.80. The maximum absolute atomic E-state index is 12.3. The molecule has 1 heterocycles. The molecule has 0 amide bonds. The van der Waals surface area contributed by atoms with Crippen molar-refractivity contribution in [3.63, 3.8) is 0 Å². The number of aromatic nitrogens is 1. The van der Waals surface area contributed by atoms with Gasteiger partial charge in [0.15, 0.2) is 5.95 Å². The number of aryl methyl sites for hydroxylation is 1. The second-order valence-electron chi connectivity index (χ2n) is 1.74. The second kappa shape index (κ2) is 2.01. The first-order chi connectivity index (χ1) is 4.20. The van der Waals surface area contributed by atoms with Crippen LogP contribution in [0.2, 0.25) is 0 Å². The Balaban J connectivity index is 3.34. The van der Waals surface area contributed by atoms with E-state index >= 15 is 0 Å². The summed E-state index contributed by atoms with van der Waals surface area (Å²) >= 11 is 0. The van der Waals surface area contributed by atoms with Gasteiger partial charge in [-0.05, 0) is 13.0 Å². The van der Waals surface area contributed by atoms with Crippen LogP contribution < -0.4 is 5.56 Å². The third-order valence-corrected chi connectivity index (χ3v) is 0.989. The normalized spacial score (nSPS) is 9.56. The Morgan fingerprint density at radius 1 is 1.78 bits per heavy atom. The number of rotatable bonds is 0. The molecule has 1 rings (SSSR count). The minimum atomic E-state index is -0.584. The topological polar surface area (TPSA) is 32.9 Å². The fraction of sp³-hybridized carbons (Fsp3) is 0.167. The smallest absolute Gasteiger partial charge is 0.258 e. The maximum Gasteiger partial charge on any atom is 0.258 e. The van der Waals surface area contributed by atoms with Gasteiger partial charge in [0.25, 0.3) is 5.56 Å². The first kappa shape index (κ1) is 6.01. The molecule has 0 aliphatic rings. The van der Waals surface area contributed by atoms with Crippen molar-refractivity contribution in [2.45, 2.75) is 6.92 Å². The van der Waals surface area contributed by atoms with Crippen LogP contribution >= 0.6 is 0 Å². The molecule has 1 N–H and O–H groups in total. The van der Waals surface area contributed by atoms with Gasteiger partial charge in [0, 0.05) is 5.56 Å². The molecule has 0 spiro atoms. The van der Waals surface area contributed by atoms with E-state index in [-0.39, 0.29) is 0 Å². The quantitative estimate of drug-likeness (QED) is 0.508. The fourth-order valence-corrected chi connectivity index (χ4v) is 0.472. The van der Waals surface area contributed by atoms with E-state index in [4.69, 9.17) is 0 Å². The van der Waals surface area contributed by atoms with Crippen LogP contribution in [0.4, 0.5) is 4.39 Å². The van der Waals surface area contributed by atoms with E-state index < -0.39 is 11.5 Å². The van der Waals surface area contributed by atoms with Gasteiger partial charge in [-0.25, -0.2) is 0 Å². The number of hydrogen-bond donors (Lipinski definition) is 1. The molecule has 0 unspecified atom stereocenters. The highest BCUT2D eigenvalue weighted by molar-refractivity contribution is 5.06. The number of halogens is 1. The minimum Gasteiger partial charge on any atom is -0.298 e. The van der Waals surface area contributed by atoms with Crippen molar-refractivity contribution in [2.24, 2.45) is 0 Å². The van der Waals surface area contributed by atoms with Gasteiger partial charge in [0.2, 0.25) is 0 Å². The van der Waals surface area contributed by atoms with Gasteiger partial charge in [-0.2, -0.15) is 4.39 Å². The molecular formula is C6H5FNO. The molecule has 47 valence electrons. The molecule has 0 aromatic carbocycles. The van der Waals surface area contributed by atoms with Crippen LogP contribution in [0, 0.1) is 18.9 Å². The molecule has 0 saturated heterocycles. The highest BCUT2D eigenvalue weighted by Crippen LogP contribution is 1.94. The van der Waals surface area contributed by atoms with E-state index in [9.17, 15) is 9.18 Å². The Kier molecular flexibility index (Phi) is 1.34. The number of H-pyrrole nitrogens is 1. The van der Waals surface area contributed by atoms with Crippen molar-refractivity contribution in [1.29, 1.82) is 0 Å². The van der Waals surface area contributed by atoms with Gasteiger partial charge in [-0.15, -0.1) is 0 Å². The lowest BCUT2D eigenvalue weighted by Crippen LogP contribution is -2.06. The number of hydrogen-bond acceptors (Lipinski definition) is 1. The zero-order valence-corrected chi connectivity index (χ0v) is 4.86. The molecule has 0 aliphatic carbocycles. The second-order valence-corrected chi connectivity index (χ2v) is 1.74. The van der Waals surface area contributed by atoms with Crippen molar-refractivity contribution < 1.29 is 4.39 Å². The minimum absolute atomic E-state index is 0.398. The highest BCUT2D eigenvalue weighted by atomic mass is 19.1. The molecule has 9 heavy (non-hydrogen) atoms. The largest absolute Gasteiger partial charge is 0.298 e. The van der Waals surface area contributed by atoms with Crippen molar-refractivity contribution >= 4 is 0 Å². The van der Waals surface area contributed by atoms with Crippen LogP contribution in [-0.4, -0.2) is 4.98 Å². The number of nitrogens with one attached hydrogen (secondary N) is 1. The van der Waals surface area contributed by atoms with Crippen LogP contribution in [0.5, 0.6) is 0 Å². The van der Waals surface area contributed by atoms with Gasteiger partial charge in [0.1, 0.15) is 0 Å². The summed E-state index contributed by atoms with van der Waals surface area (Å²) in [6.45, 7) is 1.56. The molecular weight excluding hydrogens is 121 g/mol. The van der Waals surface area contributed by atoms with E-state index in [0.717, 1.165) is 0 Å². The Hall–Kier alpha value is -1.12. The van der Waals surface area contributed by atoms with E-state index in [1.165, 1.54) is 6.07 Å². The van der Waals surface area contributed by atoms with Crippen molar-refractivity contribution in [3.8, 4) is 0 Å². The zero-order valence-electron chi connectivity index (χ0n) is 4.86. The lowest BCUT2D eigenvalue weighted by Gasteiger charge is -1.89. The molecule has 1 aromatic rings. The fourth-order valence-electron chi connectivity index (χ4n) is 0.472. The van der Waals surface area contributed by atoms with Gasteiger partial charge >= 0.3 is 0 Å². The van der Waals surface area contributed by atoms with Gasteiger partial charge < -0.3 is 0 Å². The van der Waals surface area contributed by atoms with Crippen molar-refractivity contribution in [3.05, 3.63) is 34.0 Å². The number of aromatic amines is 1. The molecule has 2 nitrogen and oxygen atoms in total. The molecule has 0 bridgehead atoms. The van der Waals surface area contributed by atoms with Crippen molar-refractivity contribution in [1.82, 2.24) is 4.98 Å². The zero-order chi connectivity index (χ0) is 6.85. The molecule has 0 aliphatic heterocycles. The summed E-state index contributed by atoms with van der Waals surface area (Å²) in [5.41, 5.74) is -0.132. The van der Waals surface area contributed by atoms with Crippen LogP contribution in [0.15, 0.2) is 10.9 Å². The lowest BCUT2D eigenvalue weighted by molar-refractivity contribution is 0.570. The van der Waals surface area contributed by atoms with E-state index in [1.54, 1.807) is 6.92 Å². The van der Waals surface area contributed by atoms with E-state index in [1.807, 2.05) is 4.98 Å². The van der Waals surface area contributed by atoms with Gasteiger partial charge in [-0.1, -0.05) is 0 Å². The predicted octanol–water partition coefficient (Wildman–Crippen LogP) is 0.623. The van der Waals surface area contributed by atoms with Crippen molar-refractivity contribution in [2.75, 3.05) is 0 Å². The summed E-state index contributed by atoms with van der Waals surface area (Å²) in [6.07, 6.45) is 0. The van der Waals surface area contributed by atoms with E-state index in [0.29, 0.717) is 5.56 Å². The summed E-state index contributed by atoms with van der Waals surface area (Å²) < 4.78 is 12.3. The average molecular weight is 126 g/mol. The van der Waals surface area contributed by atoms with Crippen LogP contribution in [0.3, 0.4) is 0 Å². The Bertz CT molecular complexity index is 266. The number of pyridine rings is 1. The van der Waals surface area contributed by atoms with Gasteiger partial charge in [0.05, 0.1) is 6.07 Å². The van der Waals surface area contributed by atoms with Crippen LogP contribution in [-0.2, 0) is 0 Å². The first-order valence-corrected chi connectivity index (χ1v) is 2.47. The summed E-state index contributed by atoms with van der Waals surface area (Å²) in [6, 6.07) is 3.60. The summed E-state index contributed by atoms with van der Waals surface area (Å²) in [4.78, 5) is 12.3. The molecule has 0 atom stereocenters. The Labute approximate surface area is 51.3 Å². The molecule has 0 fully saturated rings. The highest BCUT2D eigenvalue weighted by Gasteiger charge is 1.93. The molecule has 1 radical (unpaired) electrons.